The van der Waals surface area contributed by atoms with Gasteiger partial charge in [0.1, 0.15) is 5.82 Å². The molecule has 0 aromatic carbocycles. The number of piperazine rings is 1. The zero-order chi connectivity index (χ0) is 17.8. The van der Waals surface area contributed by atoms with Crippen molar-refractivity contribution in [3.8, 4) is 0 Å². The number of rotatable bonds is 4. The van der Waals surface area contributed by atoms with Crippen molar-refractivity contribution in [1.82, 2.24) is 29.9 Å². The summed E-state index contributed by atoms with van der Waals surface area (Å²) in [5.41, 5.74) is 0. The van der Waals surface area contributed by atoms with E-state index in [-0.39, 0.29) is 0 Å². The number of aryl methyl sites for hydroxylation is 1. The first-order valence-corrected chi connectivity index (χ1v) is 10.00. The molecular formula is C18H31N7O. The van der Waals surface area contributed by atoms with E-state index in [1.54, 1.807) is 0 Å². The summed E-state index contributed by atoms with van der Waals surface area (Å²) in [6, 6.07) is 0. The lowest BCUT2D eigenvalue weighted by Gasteiger charge is -2.37. The molecule has 0 saturated carbocycles. The van der Waals surface area contributed by atoms with Crippen molar-refractivity contribution < 1.29 is 4.74 Å². The number of hydrogen-bond donors (Lipinski definition) is 1. The van der Waals surface area contributed by atoms with Crippen molar-refractivity contribution in [3.05, 3.63) is 11.6 Å². The van der Waals surface area contributed by atoms with E-state index in [2.05, 4.69) is 34.9 Å². The largest absolute Gasteiger partial charge is 0.381 e. The molecule has 4 heterocycles. The summed E-state index contributed by atoms with van der Waals surface area (Å²) < 4.78 is 7.77. The quantitative estimate of drug-likeness (QED) is 0.616. The van der Waals surface area contributed by atoms with Crippen LogP contribution in [0.1, 0.15) is 30.9 Å². The number of aliphatic imine (C=N–C) groups is 1. The minimum Gasteiger partial charge on any atom is -0.381 e. The summed E-state index contributed by atoms with van der Waals surface area (Å²) in [5.74, 6) is 3.85. The van der Waals surface area contributed by atoms with Gasteiger partial charge in [-0.25, -0.2) is 0 Å². The lowest BCUT2D eigenvalue weighted by Crippen LogP contribution is -2.53. The number of aromatic nitrogens is 3. The van der Waals surface area contributed by atoms with Crippen LogP contribution in [0.25, 0.3) is 0 Å². The van der Waals surface area contributed by atoms with Crippen molar-refractivity contribution in [2.24, 2.45) is 10.9 Å². The topological polar surface area (TPSA) is 70.8 Å². The van der Waals surface area contributed by atoms with E-state index in [0.29, 0.717) is 6.54 Å². The van der Waals surface area contributed by atoms with Crippen LogP contribution >= 0.6 is 0 Å². The fraction of sp³-hybridized carbons (Fsp3) is 0.833. The van der Waals surface area contributed by atoms with Gasteiger partial charge in [0.15, 0.2) is 11.8 Å². The maximum Gasteiger partial charge on any atom is 0.194 e. The SMILES string of the molecule is CN=C(NCc1nnc2n1CCCC2)N1CCN(CC2CCOC2)CC1. The highest BCUT2D eigenvalue weighted by Gasteiger charge is 2.24. The molecule has 0 bridgehead atoms. The molecular weight excluding hydrogens is 330 g/mol. The van der Waals surface area contributed by atoms with Crippen LogP contribution in [0.4, 0.5) is 0 Å². The Balaban J connectivity index is 1.26. The number of fused-ring (bicyclic) bond motifs is 1. The third kappa shape index (κ3) is 4.01. The predicted molar refractivity (Wildman–Crippen MR) is 100 cm³/mol. The average molecular weight is 361 g/mol. The molecule has 3 aliphatic rings. The van der Waals surface area contributed by atoms with Gasteiger partial charge >= 0.3 is 0 Å². The van der Waals surface area contributed by atoms with Crippen molar-refractivity contribution >= 4 is 5.96 Å². The standard InChI is InChI=1S/C18H31N7O/c1-19-18(20-12-17-22-21-16-4-2-3-6-25(16)17)24-9-7-23(8-10-24)13-15-5-11-26-14-15/h15H,2-14H2,1H3,(H,19,20). The number of nitrogens with one attached hydrogen (secondary N) is 1. The molecule has 1 N–H and O–H groups in total. The third-order valence-electron chi connectivity index (χ3n) is 5.76. The Bertz CT molecular complexity index is 615. The van der Waals surface area contributed by atoms with Crippen LogP contribution in [-0.2, 0) is 24.2 Å². The molecule has 0 amide bonds. The monoisotopic (exact) mass is 361 g/mol. The normalized spacial score (nSPS) is 24.7. The smallest absolute Gasteiger partial charge is 0.194 e. The van der Waals surface area contributed by atoms with E-state index in [1.165, 1.54) is 25.8 Å². The molecule has 0 aliphatic carbocycles. The number of hydrogen-bond acceptors (Lipinski definition) is 5. The van der Waals surface area contributed by atoms with Crippen LogP contribution in [0, 0.1) is 5.92 Å². The van der Waals surface area contributed by atoms with Gasteiger partial charge in [-0.2, -0.15) is 0 Å². The Morgan fingerprint density at radius 2 is 2.08 bits per heavy atom. The maximum atomic E-state index is 5.50. The van der Waals surface area contributed by atoms with Crippen molar-refractivity contribution in [2.75, 3.05) is 53.0 Å². The summed E-state index contributed by atoms with van der Waals surface area (Å²) in [7, 11) is 1.86. The summed E-state index contributed by atoms with van der Waals surface area (Å²) in [5, 5.41) is 12.2. The van der Waals surface area contributed by atoms with Crippen LogP contribution in [0.2, 0.25) is 0 Å². The lowest BCUT2D eigenvalue weighted by molar-refractivity contribution is 0.139. The zero-order valence-corrected chi connectivity index (χ0v) is 15.9. The van der Waals surface area contributed by atoms with Crippen molar-refractivity contribution in [3.63, 3.8) is 0 Å². The minimum absolute atomic E-state index is 0.694. The second kappa shape index (κ2) is 8.35. The van der Waals surface area contributed by atoms with Crippen LogP contribution in [-0.4, -0.2) is 83.5 Å². The van der Waals surface area contributed by atoms with Gasteiger partial charge < -0.3 is 19.5 Å². The van der Waals surface area contributed by atoms with E-state index < -0.39 is 0 Å². The van der Waals surface area contributed by atoms with Crippen LogP contribution in [0.5, 0.6) is 0 Å². The molecule has 3 aliphatic heterocycles. The fourth-order valence-corrected chi connectivity index (χ4v) is 4.22. The Labute approximate surface area is 155 Å². The molecule has 1 aromatic rings. The third-order valence-corrected chi connectivity index (χ3v) is 5.76. The van der Waals surface area contributed by atoms with Gasteiger partial charge in [-0.05, 0) is 25.2 Å². The van der Waals surface area contributed by atoms with Gasteiger partial charge in [0, 0.05) is 59.3 Å². The Morgan fingerprint density at radius 1 is 1.19 bits per heavy atom. The van der Waals surface area contributed by atoms with Gasteiger partial charge in [-0.1, -0.05) is 0 Å². The molecule has 2 fully saturated rings. The summed E-state index contributed by atoms with van der Waals surface area (Å²) in [6.07, 6.45) is 4.72. The molecule has 1 atom stereocenters. The Morgan fingerprint density at radius 3 is 2.85 bits per heavy atom. The first kappa shape index (κ1) is 17.7. The van der Waals surface area contributed by atoms with E-state index >= 15 is 0 Å². The van der Waals surface area contributed by atoms with Crippen LogP contribution in [0.15, 0.2) is 4.99 Å². The second-order valence-corrected chi connectivity index (χ2v) is 7.56. The second-order valence-electron chi connectivity index (χ2n) is 7.56. The van der Waals surface area contributed by atoms with Gasteiger partial charge in [-0.15, -0.1) is 10.2 Å². The molecule has 2 saturated heterocycles. The highest BCUT2D eigenvalue weighted by molar-refractivity contribution is 5.79. The Kier molecular flexibility index (Phi) is 5.69. The summed E-state index contributed by atoms with van der Waals surface area (Å²) in [4.78, 5) is 9.41. The molecule has 8 nitrogen and oxygen atoms in total. The van der Waals surface area contributed by atoms with Crippen molar-refractivity contribution in [1.29, 1.82) is 0 Å². The first-order chi connectivity index (χ1) is 12.8. The number of nitrogens with zero attached hydrogens (tertiary/aromatic N) is 6. The highest BCUT2D eigenvalue weighted by atomic mass is 16.5. The van der Waals surface area contributed by atoms with E-state index in [4.69, 9.17) is 4.74 Å². The van der Waals surface area contributed by atoms with E-state index in [9.17, 15) is 0 Å². The zero-order valence-electron chi connectivity index (χ0n) is 15.9. The maximum absolute atomic E-state index is 5.50. The molecule has 1 unspecified atom stereocenters. The van der Waals surface area contributed by atoms with Gasteiger partial charge in [0.25, 0.3) is 0 Å². The van der Waals surface area contributed by atoms with Crippen LogP contribution in [0.3, 0.4) is 0 Å². The lowest BCUT2D eigenvalue weighted by atomic mass is 10.1. The summed E-state index contributed by atoms with van der Waals surface area (Å²) in [6.45, 7) is 9.01. The molecule has 1 aromatic heterocycles. The molecule has 144 valence electrons. The molecule has 8 heteroatoms. The predicted octanol–water partition coefficient (Wildman–Crippen LogP) is 0.344. The van der Waals surface area contributed by atoms with Gasteiger partial charge in [0.2, 0.25) is 0 Å². The average Bonchev–Trinajstić information content (AvgIpc) is 3.33. The number of guanidine groups is 1. The summed E-state index contributed by atoms with van der Waals surface area (Å²) >= 11 is 0. The molecule has 4 rings (SSSR count). The molecule has 0 spiro atoms. The molecule has 26 heavy (non-hydrogen) atoms. The fourth-order valence-electron chi connectivity index (χ4n) is 4.22. The highest BCUT2D eigenvalue weighted by Crippen LogP contribution is 2.16. The van der Waals surface area contributed by atoms with Crippen LogP contribution < -0.4 is 5.32 Å². The van der Waals surface area contributed by atoms with Gasteiger partial charge in [-0.3, -0.25) is 9.89 Å². The molecule has 0 radical (unpaired) electrons. The first-order valence-electron chi connectivity index (χ1n) is 10.00. The van der Waals surface area contributed by atoms with E-state index in [0.717, 1.165) is 75.9 Å². The Hall–Kier alpha value is -1.67. The van der Waals surface area contributed by atoms with Crippen molar-refractivity contribution in [2.45, 2.75) is 38.8 Å². The van der Waals surface area contributed by atoms with E-state index in [1.807, 2.05) is 7.05 Å². The number of ether oxygens (including phenoxy) is 1. The van der Waals surface area contributed by atoms with Gasteiger partial charge in [0.05, 0.1) is 13.2 Å². The minimum atomic E-state index is 0.694.